The van der Waals surface area contributed by atoms with Crippen LogP contribution in [-0.2, 0) is 14.7 Å². The molecule has 0 saturated carbocycles. The van der Waals surface area contributed by atoms with Gasteiger partial charge in [-0.05, 0) is 26.0 Å². The first kappa shape index (κ1) is 11.6. The van der Waals surface area contributed by atoms with Gasteiger partial charge in [0.1, 0.15) is 0 Å². The van der Waals surface area contributed by atoms with Crippen LogP contribution in [-0.4, -0.2) is 13.9 Å². The molecule has 0 fully saturated rings. The van der Waals surface area contributed by atoms with Crippen molar-refractivity contribution in [3.63, 3.8) is 0 Å². The molecule has 0 heterocycles. The van der Waals surface area contributed by atoms with Crippen molar-refractivity contribution in [3.8, 4) is 0 Å². The van der Waals surface area contributed by atoms with Crippen molar-refractivity contribution in [1.29, 1.82) is 0 Å². The predicted molar refractivity (Wildman–Crippen MR) is 54.7 cm³/mol. The summed E-state index contributed by atoms with van der Waals surface area (Å²) >= 11 is 0. The van der Waals surface area contributed by atoms with Crippen LogP contribution in [0, 0.1) is 11.8 Å². The zero-order valence-corrected chi connectivity index (χ0v) is 9.19. The zero-order chi connectivity index (χ0) is 11.5. The molecular formula is C9H11NO4S. The molecule has 82 valence electrons. The molecule has 0 saturated heterocycles. The van der Waals surface area contributed by atoms with Crippen molar-refractivity contribution in [2.45, 2.75) is 24.2 Å². The molecule has 0 spiro atoms. The standard InChI is InChI=1S/C9H11NO4S/c1-7-3-5-9(6-4-7)15(12,13)8(2)14-10-11/h3-6,8H,1-2H3. The van der Waals surface area contributed by atoms with Crippen LogP contribution in [0.3, 0.4) is 0 Å². The highest BCUT2D eigenvalue weighted by atomic mass is 32.2. The fourth-order valence-corrected chi connectivity index (χ4v) is 2.08. The van der Waals surface area contributed by atoms with Crippen molar-refractivity contribution < 1.29 is 13.3 Å². The molecule has 1 aromatic rings. The molecule has 0 aliphatic heterocycles. The number of hydrogen-bond acceptors (Lipinski definition) is 5. The molecule has 1 rings (SSSR count). The van der Waals surface area contributed by atoms with Gasteiger partial charge < -0.3 is 4.84 Å². The van der Waals surface area contributed by atoms with E-state index in [2.05, 4.69) is 10.2 Å². The quantitative estimate of drug-likeness (QED) is 0.583. The molecule has 0 amide bonds. The number of hydrogen-bond donors (Lipinski definition) is 0. The second-order valence-corrected chi connectivity index (χ2v) is 5.33. The Kier molecular flexibility index (Phi) is 3.41. The maximum Gasteiger partial charge on any atom is 0.232 e. The summed E-state index contributed by atoms with van der Waals surface area (Å²) in [6.45, 7) is 3.11. The number of sulfone groups is 1. The third-order valence-electron chi connectivity index (χ3n) is 1.98. The molecular weight excluding hydrogens is 218 g/mol. The van der Waals surface area contributed by atoms with Gasteiger partial charge in [-0.3, -0.25) is 0 Å². The van der Waals surface area contributed by atoms with E-state index in [-0.39, 0.29) is 4.90 Å². The van der Waals surface area contributed by atoms with E-state index in [0.717, 1.165) is 5.56 Å². The van der Waals surface area contributed by atoms with Crippen molar-refractivity contribution in [1.82, 2.24) is 0 Å². The van der Waals surface area contributed by atoms with E-state index in [1.807, 2.05) is 6.92 Å². The summed E-state index contributed by atoms with van der Waals surface area (Å²) in [7, 11) is -3.63. The number of aryl methyl sites for hydroxylation is 1. The normalized spacial score (nSPS) is 13.2. The Hall–Kier alpha value is -1.43. The van der Waals surface area contributed by atoms with Gasteiger partial charge in [0, 0.05) is 0 Å². The minimum Gasteiger partial charge on any atom is -0.344 e. The van der Waals surface area contributed by atoms with Crippen LogP contribution >= 0.6 is 0 Å². The predicted octanol–water partition coefficient (Wildman–Crippen LogP) is 1.81. The smallest absolute Gasteiger partial charge is 0.232 e. The number of rotatable bonds is 4. The molecule has 15 heavy (non-hydrogen) atoms. The van der Waals surface area contributed by atoms with Gasteiger partial charge in [-0.25, -0.2) is 8.42 Å². The summed E-state index contributed by atoms with van der Waals surface area (Å²) in [4.78, 5) is 14.1. The topological polar surface area (TPSA) is 72.8 Å². The summed E-state index contributed by atoms with van der Waals surface area (Å²) in [5.74, 6) is 0. The Balaban J connectivity index is 3.06. The van der Waals surface area contributed by atoms with Crippen LogP contribution < -0.4 is 0 Å². The third kappa shape index (κ3) is 2.53. The lowest BCUT2D eigenvalue weighted by molar-refractivity contribution is 0.121. The molecule has 0 N–H and O–H groups in total. The first-order valence-electron chi connectivity index (χ1n) is 4.27. The molecule has 0 aromatic heterocycles. The van der Waals surface area contributed by atoms with Crippen molar-refractivity contribution in [2.24, 2.45) is 5.34 Å². The van der Waals surface area contributed by atoms with Gasteiger partial charge in [0.15, 0.2) is 5.34 Å². The Bertz CT molecular complexity index is 438. The van der Waals surface area contributed by atoms with E-state index in [1.165, 1.54) is 19.1 Å². The van der Waals surface area contributed by atoms with E-state index in [1.54, 1.807) is 12.1 Å². The molecule has 6 heteroatoms. The highest BCUT2D eigenvalue weighted by Gasteiger charge is 2.25. The summed E-state index contributed by atoms with van der Waals surface area (Å²) in [5, 5.41) is 2.12. The molecule has 0 radical (unpaired) electrons. The van der Waals surface area contributed by atoms with E-state index < -0.39 is 15.3 Å². The van der Waals surface area contributed by atoms with Crippen LogP contribution in [0.4, 0.5) is 0 Å². The average Bonchev–Trinajstić information content (AvgIpc) is 2.18. The monoisotopic (exact) mass is 229 g/mol. The lowest BCUT2D eigenvalue weighted by Crippen LogP contribution is -2.19. The van der Waals surface area contributed by atoms with E-state index in [0.29, 0.717) is 0 Å². The SMILES string of the molecule is Cc1ccc(S(=O)(=O)C(C)ON=O)cc1. The van der Waals surface area contributed by atoms with Crippen LogP contribution in [0.15, 0.2) is 34.5 Å². The summed E-state index contributed by atoms with van der Waals surface area (Å²) in [6.07, 6.45) is 0. The van der Waals surface area contributed by atoms with Crippen molar-refractivity contribution in [3.05, 3.63) is 34.7 Å². The largest absolute Gasteiger partial charge is 0.344 e. The fraction of sp³-hybridized carbons (Fsp3) is 0.333. The van der Waals surface area contributed by atoms with Gasteiger partial charge in [-0.15, -0.1) is 4.91 Å². The average molecular weight is 229 g/mol. The molecule has 0 aliphatic rings. The van der Waals surface area contributed by atoms with Gasteiger partial charge in [0.25, 0.3) is 0 Å². The Labute approximate surface area is 87.9 Å². The lowest BCUT2D eigenvalue weighted by atomic mass is 10.2. The third-order valence-corrected chi connectivity index (χ3v) is 3.87. The van der Waals surface area contributed by atoms with Gasteiger partial charge in [0.2, 0.25) is 15.3 Å². The molecule has 0 aliphatic carbocycles. The first-order chi connectivity index (χ1) is 6.98. The molecule has 1 unspecified atom stereocenters. The Morgan fingerprint density at radius 1 is 1.27 bits per heavy atom. The molecule has 1 aromatic carbocycles. The molecule has 0 bridgehead atoms. The number of nitrogens with zero attached hydrogens (tertiary/aromatic N) is 1. The van der Waals surface area contributed by atoms with Crippen LogP contribution in [0.1, 0.15) is 12.5 Å². The van der Waals surface area contributed by atoms with E-state index >= 15 is 0 Å². The highest BCUT2D eigenvalue weighted by molar-refractivity contribution is 7.91. The summed E-state index contributed by atoms with van der Waals surface area (Å²) in [6, 6.07) is 6.28. The summed E-state index contributed by atoms with van der Waals surface area (Å²) < 4.78 is 23.4. The van der Waals surface area contributed by atoms with Crippen LogP contribution in [0.25, 0.3) is 0 Å². The fourth-order valence-electron chi connectivity index (χ4n) is 1.04. The maximum absolute atomic E-state index is 11.7. The maximum atomic E-state index is 11.7. The second kappa shape index (κ2) is 4.39. The second-order valence-electron chi connectivity index (χ2n) is 3.11. The zero-order valence-electron chi connectivity index (χ0n) is 8.38. The minimum atomic E-state index is -3.63. The van der Waals surface area contributed by atoms with Crippen molar-refractivity contribution >= 4 is 9.84 Å². The van der Waals surface area contributed by atoms with Gasteiger partial charge in [0.05, 0.1) is 4.90 Å². The Morgan fingerprint density at radius 3 is 2.27 bits per heavy atom. The van der Waals surface area contributed by atoms with Crippen LogP contribution in [0.2, 0.25) is 0 Å². The highest BCUT2D eigenvalue weighted by Crippen LogP contribution is 2.17. The molecule has 1 atom stereocenters. The van der Waals surface area contributed by atoms with Gasteiger partial charge >= 0.3 is 0 Å². The first-order valence-corrected chi connectivity index (χ1v) is 5.82. The van der Waals surface area contributed by atoms with Gasteiger partial charge in [-0.2, -0.15) is 0 Å². The number of benzene rings is 1. The van der Waals surface area contributed by atoms with Crippen LogP contribution in [0.5, 0.6) is 0 Å². The minimum absolute atomic E-state index is 0.115. The van der Waals surface area contributed by atoms with E-state index in [4.69, 9.17) is 0 Å². The van der Waals surface area contributed by atoms with Gasteiger partial charge in [-0.1, -0.05) is 17.7 Å². The van der Waals surface area contributed by atoms with Crippen molar-refractivity contribution in [2.75, 3.05) is 0 Å². The van der Waals surface area contributed by atoms with E-state index in [9.17, 15) is 13.3 Å². The Morgan fingerprint density at radius 2 is 1.80 bits per heavy atom. The summed E-state index contributed by atoms with van der Waals surface area (Å²) in [5.41, 5.74) is -0.311. The lowest BCUT2D eigenvalue weighted by Gasteiger charge is -2.09. The molecule has 5 nitrogen and oxygen atoms in total.